The largest absolute Gasteiger partial charge is 0.302 e. The lowest BCUT2D eigenvalue weighted by molar-refractivity contribution is 0.427. The van der Waals surface area contributed by atoms with Gasteiger partial charge in [-0.25, -0.2) is 13.6 Å². The molecule has 0 unspecified atom stereocenters. The lowest BCUT2D eigenvalue weighted by Crippen LogP contribution is -2.37. The van der Waals surface area contributed by atoms with E-state index in [-0.39, 0.29) is 10.7 Å². The van der Waals surface area contributed by atoms with Crippen LogP contribution >= 0.6 is 0 Å². The number of nitrogens with one attached hydrogen (secondary N) is 1. The molecule has 3 N–H and O–H groups in total. The van der Waals surface area contributed by atoms with Gasteiger partial charge in [0.1, 0.15) is 4.90 Å². The van der Waals surface area contributed by atoms with Crippen LogP contribution in [-0.2, 0) is 27.3 Å². The number of sulfonamides is 1. The van der Waals surface area contributed by atoms with Crippen molar-refractivity contribution in [3.05, 3.63) is 6.20 Å². The van der Waals surface area contributed by atoms with Crippen molar-refractivity contribution in [1.29, 1.82) is 0 Å². The normalized spacial score (nSPS) is 18.4. The van der Waals surface area contributed by atoms with Crippen molar-refractivity contribution < 1.29 is 16.8 Å². The number of aromatic nitrogens is 2. The minimum absolute atomic E-state index is 0.274. The van der Waals surface area contributed by atoms with Crippen LogP contribution in [0.25, 0.3) is 0 Å². The topological polar surface area (TPSA) is 127 Å². The molecule has 0 aliphatic carbocycles. The van der Waals surface area contributed by atoms with Gasteiger partial charge in [-0.15, -0.1) is 0 Å². The molecular formula is C10H19N5O4S2. The van der Waals surface area contributed by atoms with Gasteiger partial charge in [-0.1, -0.05) is 12.8 Å². The molecule has 0 bridgehead atoms. The highest BCUT2D eigenvalue weighted by atomic mass is 32.2. The van der Waals surface area contributed by atoms with Gasteiger partial charge in [-0.2, -0.15) is 17.8 Å². The molecule has 0 spiro atoms. The number of rotatable bonds is 4. The summed E-state index contributed by atoms with van der Waals surface area (Å²) >= 11 is 0. The van der Waals surface area contributed by atoms with Crippen molar-refractivity contribution in [3.63, 3.8) is 0 Å². The molecule has 0 radical (unpaired) electrons. The number of aryl methyl sites for hydroxylation is 1. The highest BCUT2D eigenvalue weighted by Gasteiger charge is 2.27. The Kier molecular flexibility index (Phi) is 4.56. The van der Waals surface area contributed by atoms with E-state index in [9.17, 15) is 16.8 Å². The van der Waals surface area contributed by atoms with Crippen molar-refractivity contribution in [2.75, 3.05) is 17.8 Å². The molecule has 2 heterocycles. The van der Waals surface area contributed by atoms with Crippen molar-refractivity contribution in [3.8, 4) is 0 Å². The van der Waals surface area contributed by atoms with Crippen molar-refractivity contribution in [2.45, 2.75) is 30.6 Å². The van der Waals surface area contributed by atoms with Gasteiger partial charge in [0.05, 0.1) is 0 Å². The molecule has 1 fully saturated rings. The van der Waals surface area contributed by atoms with Gasteiger partial charge < -0.3 is 0 Å². The van der Waals surface area contributed by atoms with Crippen LogP contribution in [0.5, 0.6) is 0 Å². The molecule has 0 aromatic carbocycles. The Balaban J connectivity index is 2.28. The Morgan fingerprint density at radius 1 is 1.14 bits per heavy atom. The SMILES string of the molecule is Cn1cc(S(N)(=O)=O)c(NS(=O)(=O)N2CCCCCC2)n1. The van der Waals surface area contributed by atoms with E-state index in [2.05, 4.69) is 9.82 Å². The molecule has 120 valence electrons. The summed E-state index contributed by atoms with van der Waals surface area (Å²) in [6.07, 6.45) is 4.70. The van der Waals surface area contributed by atoms with Gasteiger partial charge in [-0.05, 0) is 12.8 Å². The maximum atomic E-state index is 12.3. The molecule has 1 saturated heterocycles. The quantitative estimate of drug-likeness (QED) is 0.773. The molecule has 1 aromatic heterocycles. The lowest BCUT2D eigenvalue weighted by atomic mass is 10.2. The fourth-order valence-electron chi connectivity index (χ4n) is 2.21. The first kappa shape index (κ1) is 16.2. The minimum atomic E-state index is -4.05. The number of anilines is 1. The van der Waals surface area contributed by atoms with Gasteiger partial charge in [0.2, 0.25) is 10.0 Å². The Morgan fingerprint density at radius 2 is 1.71 bits per heavy atom. The van der Waals surface area contributed by atoms with Crippen LogP contribution in [0, 0.1) is 0 Å². The Hall–Kier alpha value is -1.17. The van der Waals surface area contributed by atoms with E-state index in [1.165, 1.54) is 16.0 Å². The zero-order valence-electron chi connectivity index (χ0n) is 11.7. The lowest BCUT2D eigenvalue weighted by Gasteiger charge is -2.20. The maximum absolute atomic E-state index is 12.3. The molecule has 2 rings (SSSR count). The van der Waals surface area contributed by atoms with E-state index in [0.29, 0.717) is 13.1 Å². The first-order valence-electron chi connectivity index (χ1n) is 6.54. The molecule has 0 saturated carbocycles. The first-order chi connectivity index (χ1) is 9.70. The molecule has 1 aliphatic heterocycles. The summed E-state index contributed by atoms with van der Waals surface area (Å²) in [4.78, 5) is -0.344. The van der Waals surface area contributed by atoms with Crippen LogP contribution < -0.4 is 9.86 Å². The Labute approximate surface area is 124 Å². The van der Waals surface area contributed by atoms with E-state index >= 15 is 0 Å². The van der Waals surface area contributed by atoms with E-state index < -0.39 is 20.2 Å². The smallest absolute Gasteiger partial charge is 0.272 e. The van der Waals surface area contributed by atoms with E-state index in [4.69, 9.17) is 5.14 Å². The minimum Gasteiger partial charge on any atom is -0.272 e. The maximum Gasteiger partial charge on any atom is 0.302 e. The Bertz CT molecular complexity index is 702. The number of hydrogen-bond donors (Lipinski definition) is 2. The zero-order valence-corrected chi connectivity index (χ0v) is 13.3. The van der Waals surface area contributed by atoms with Gasteiger partial charge in [0.15, 0.2) is 5.82 Å². The number of hydrogen-bond acceptors (Lipinski definition) is 5. The second kappa shape index (κ2) is 5.91. The Morgan fingerprint density at radius 3 is 2.24 bits per heavy atom. The predicted molar refractivity (Wildman–Crippen MR) is 77.2 cm³/mol. The molecule has 0 atom stereocenters. The molecule has 1 aliphatic rings. The standard InChI is InChI=1S/C10H19N5O4S2/c1-14-8-9(20(11,16)17)10(12-14)13-21(18,19)15-6-4-2-3-5-7-15/h8H,2-7H2,1H3,(H,12,13)(H2,11,16,17). The van der Waals surface area contributed by atoms with Gasteiger partial charge in [0, 0.05) is 26.3 Å². The zero-order chi connectivity index (χ0) is 15.7. The van der Waals surface area contributed by atoms with Crippen LogP contribution in [0.1, 0.15) is 25.7 Å². The summed E-state index contributed by atoms with van der Waals surface area (Å²) in [6, 6.07) is 0. The van der Waals surface area contributed by atoms with Gasteiger partial charge in [-0.3, -0.25) is 9.40 Å². The first-order valence-corrected chi connectivity index (χ1v) is 9.53. The van der Waals surface area contributed by atoms with Crippen LogP contribution in [-0.4, -0.2) is 44.0 Å². The van der Waals surface area contributed by atoms with E-state index in [1.807, 2.05) is 0 Å². The summed E-state index contributed by atoms with van der Waals surface area (Å²) in [5, 5.41) is 8.88. The molecule has 21 heavy (non-hydrogen) atoms. The number of primary sulfonamides is 1. The van der Waals surface area contributed by atoms with E-state index in [1.54, 1.807) is 0 Å². The van der Waals surface area contributed by atoms with Crippen molar-refractivity contribution >= 4 is 26.1 Å². The van der Waals surface area contributed by atoms with E-state index in [0.717, 1.165) is 31.9 Å². The fourth-order valence-corrected chi connectivity index (χ4v) is 4.20. The van der Waals surface area contributed by atoms with Crippen molar-refractivity contribution in [1.82, 2.24) is 14.1 Å². The summed E-state index contributed by atoms with van der Waals surface area (Å²) in [6.45, 7) is 0.819. The van der Waals surface area contributed by atoms with Crippen molar-refractivity contribution in [2.24, 2.45) is 12.2 Å². The highest BCUT2D eigenvalue weighted by molar-refractivity contribution is 7.91. The number of nitrogens with two attached hydrogens (primary N) is 1. The highest BCUT2D eigenvalue weighted by Crippen LogP contribution is 2.21. The molecule has 0 amide bonds. The summed E-state index contributed by atoms with van der Waals surface area (Å²) in [5.74, 6) is -0.274. The average Bonchev–Trinajstić information content (AvgIpc) is 2.59. The molecule has 1 aromatic rings. The molecular weight excluding hydrogens is 318 g/mol. The number of nitrogens with zero attached hydrogens (tertiary/aromatic N) is 3. The monoisotopic (exact) mass is 337 g/mol. The predicted octanol–water partition coefficient (Wildman–Crippen LogP) is -0.400. The second-order valence-corrected chi connectivity index (χ2v) is 8.18. The second-order valence-electron chi connectivity index (χ2n) is 4.98. The van der Waals surface area contributed by atoms with Crippen LogP contribution in [0.4, 0.5) is 5.82 Å². The third-order valence-electron chi connectivity index (χ3n) is 3.23. The van der Waals surface area contributed by atoms with Crippen LogP contribution in [0.2, 0.25) is 0 Å². The van der Waals surface area contributed by atoms with Gasteiger partial charge >= 0.3 is 10.2 Å². The van der Waals surface area contributed by atoms with Gasteiger partial charge in [0.25, 0.3) is 0 Å². The van der Waals surface area contributed by atoms with Crippen LogP contribution in [0.15, 0.2) is 11.1 Å². The van der Waals surface area contributed by atoms with Crippen LogP contribution in [0.3, 0.4) is 0 Å². The molecule has 9 nitrogen and oxygen atoms in total. The summed E-state index contributed by atoms with van der Waals surface area (Å²) in [7, 11) is -6.41. The summed E-state index contributed by atoms with van der Waals surface area (Å²) in [5.41, 5.74) is 0. The third kappa shape index (κ3) is 3.93. The fraction of sp³-hybridized carbons (Fsp3) is 0.700. The average molecular weight is 337 g/mol. The summed E-state index contributed by atoms with van der Waals surface area (Å²) < 4.78 is 52.3. The third-order valence-corrected chi connectivity index (χ3v) is 5.64. The molecule has 11 heteroatoms.